The summed E-state index contributed by atoms with van der Waals surface area (Å²) in [6, 6.07) is 6.39. The molecule has 0 spiro atoms. The predicted molar refractivity (Wildman–Crippen MR) is 75.0 cm³/mol. The van der Waals surface area contributed by atoms with Gasteiger partial charge in [0.2, 0.25) is 5.91 Å². The maximum absolute atomic E-state index is 12.0. The number of nitrogens with two attached hydrogens (primary N) is 1. The fourth-order valence-electron chi connectivity index (χ4n) is 2.35. The van der Waals surface area contributed by atoms with Crippen LogP contribution >= 0.6 is 0 Å². The molecule has 0 radical (unpaired) electrons. The molecule has 0 aromatic heterocycles. The molecular weight excluding hydrogens is 258 g/mol. The number of nitrogen functional groups attached to an aromatic ring is 1. The quantitative estimate of drug-likeness (QED) is 0.674. The molecule has 108 valence electrons. The number of hydrogen-bond acceptors (Lipinski definition) is 4. The molecule has 6 nitrogen and oxygen atoms in total. The molecule has 1 aliphatic rings. The molecule has 2 rings (SSSR count). The number of amides is 2. The van der Waals surface area contributed by atoms with Gasteiger partial charge in [-0.2, -0.15) is 0 Å². The van der Waals surface area contributed by atoms with Crippen LogP contribution in [0.15, 0.2) is 24.3 Å². The highest BCUT2D eigenvalue weighted by Gasteiger charge is 2.27. The zero-order valence-corrected chi connectivity index (χ0v) is 11.2. The monoisotopic (exact) mass is 277 g/mol. The van der Waals surface area contributed by atoms with Crippen LogP contribution in [0.5, 0.6) is 0 Å². The first-order chi connectivity index (χ1) is 9.61. The fraction of sp³-hybridized carbons (Fsp3) is 0.429. The van der Waals surface area contributed by atoms with Crippen molar-refractivity contribution in [1.29, 1.82) is 0 Å². The van der Waals surface area contributed by atoms with E-state index in [1.165, 1.54) is 0 Å². The van der Waals surface area contributed by atoms with Gasteiger partial charge in [0, 0.05) is 17.8 Å². The Labute approximate surface area is 117 Å². The minimum Gasteiger partial charge on any atom is -0.399 e. The molecule has 1 saturated heterocycles. The summed E-state index contributed by atoms with van der Waals surface area (Å²) >= 11 is 0. The molecule has 1 aliphatic heterocycles. The minimum atomic E-state index is -0.307. The third-order valence-corrected chi connectivity index (χ3v) is 3.48. The summed E-state index contributed by atoms with van der Waals surface area (Å²) in [5.74, 6) is -0.469. The number of likely N-dealkylation sites (tertiary alicyclic amines) is 1. The van der Waals surface area contributed by atoms with Crippen LogP contribution in [0.4, 0.5) is 5.69 Å². The average molecular weight is 277 g/mol. The first-order valence-electron chi connectivity index (χ1n) is 6.66. The summed E-state index contributed by atoms with van der Waals surface area (Å²) in [7, 11) is 0. The topological polar surface area (TPSA) is 95.7 Å². The smallest absolute Gasteiger partial charge is 0.251 e. The number of nitrogens with one attached hydrogen (secondary N) is 1. The van der Waals surface area contributed by atoms with Gasteiger partial charge in [0.25, 0.3) is 5.91 Å². The third kappa shape index (κ3) is 3.27. The SMILES string of the molecule is Nc1ccc(C(=O)NCC(=O)N2CCCC2CO)cc1. The second-order valence-corrected chi connectivity index (χ2v) is 4.87. The second-order valence-electron chi connectivity index (χ2n) is 4.87. The number of nitrogens with zero attached hydrogens (tertiary/aromatic N) is 1. The highest BCUT2D eigenvalue weighted by atomic mass is 16.3. The zero-order valence-electron chi connectivity index (χ0n) is 11.2. The number of hydrogen-bond donors (Lipinski definition) is 3. The Morgan fingerprint density at radius 3 is 2.70 bits per heavy atom. The van der Waals surface area contributed by atoms with Gasteiger partial charge >= 0.3 is 0 Å². The number of carbonyl (C=O) groups excluding carboxylic acids is 2. The van der Waals surface area contributed by atoms with Gasteiger partial charge in [0.15, 0.2) is 0 Å². The normalized spacial score (nSPS) is 18.1. The Bertz CT molecular complexity index is 487. The van der Waals surface area contributed by atoms with Crippen molar-refractivity contribution in [3.63, 3.8) is 0 Å². The van der Waals surface area contributed by atoms with Gasteiger partial charge in [-0.3, -0.25) is 9.59 Å². The lowest BCUT2D eigenvalue weighted by Crippen LogP contribution is -2.43. The summed E-state index contributed by atoms with van der Waals surface area (Å²) < 4.78 is 0. The van der Waals surface area contributed by atoms with E-state index in [2.05, 4.69) is 5.32 Å². The number of aliphatic hydroxyl groups is 1. The van der Waals surface area contributed by atoms with Crippen LogP contribution in [0.2, 0.25) is 0 Å². The maximum Gasteiger partial charge on any atom is 0.251 e. The number of aliphatic hydroxyl groups excluding tert-OH is 1. The number of rotatable bonds is 4. The van der Waals surface area contributed by atoms with Gasteiger partial charge in [-0.05, 0) is 37.1 Å². The van der Waals surface area contributed by atoms with Crippen molar-refractivity contribution < 1.29 is 14.7 Å². The van der Waals surface area contributed by atoms with Gasteiger partial charge in [-0.25, -0.2) is 0 Å². The lowest BCUT2D eigenvalue weighted by atomic mass is 10.2. The highest BCUT2D eigenvalue weighted by molar-refractivity contribution is 5.96. The summed E-state index contributed by atoms with van der Waals surface area (Å²) in [5.41, 5.74) is 6.59. The van der Waals surface area contributed by atoms with E-state index in [-0.39, 0.29) is 31.0 Å². The van der Waals surface area contributed by atoms with E-state index in [0.717, 1.165) is 12.8 Å². The van der Waals surface area contributed by atoms with Crippen LogP contribution in [0.25, 0.3) is 0 Å². The summed E-state index contributed by atoms with van der Waals surface area (Å²) in [6.07, 6.45) is 1.71. The van der Waals surface area contributed by atoms with Gasteiger partial charge in [-0.1, -0.05) is 0 Å². The molecule has 0 saturated carbocycles. The Balaban J connectivity index is 1.87. The molecule has 1 aromatic carbocycles. The first-order valence-corrected chi connectivity index (χ1v) is 6.66. The van der Waals surface area contributed by atoms with Crippen molar-refractivity contribution in [3.05, 3.63) is 29.8 Å². The molecule has 1 aromatic rings. The number of anilines is 1. The Morgan fingerprint density at radius 2 is 2.05 bits per heavy atom. The molecule has 2 amide bonds. The van der Waals surface area contributed by atoms with Crippen LogP contribution < -0.4 is 11.1 Å². The molecule has 1 unspecified atom stereocenters. The van der Waals surface area contributed by atoms with Gasteiger partial charge in [0.1, 0.15) is 0 Å². The lowest BCUT2D eigenvalue weighted by Gasteiger charge is -2.23. The Hall–Kier alpha value is -2.08. The van der Waals surface area contributed by atoms with Gasteiger partial charge in [-0.15, -0.1) is 0 Å². The van der Waals surface area contributed by atoms with Crippen LogP contribution in [0, 0.1) is 0 Å². The second kappa shape index (κ2) is 6.38. The number of carbonyl (C=O) groups is 2. The van der Waals surface area contributed by atoms with Crippen molar-refractivity contribution in [2.75, 3.05) is 25.4 Å². The minimum absolute atomic E-state index is 0.0301. The molecule has 1 atom stereocenters. The first kappa shape index (κ1) is 14.3. The molecule has 0 bridgehead atoms. The zero-order chi connectivity index (χ0) is 14.5. The van der Waals surface area contributed by atoms with Crippen molar-refractivity contribution in [2.24, 2.45) is 0 Å². The van der Waals surface area contributed by atoms with E-state index in [1.807, 2.05) is 0 Å². The van der Waals surface area contributed by atoms with Gasteiger partial charge < -0.3 is 21.1 Å². The van der Waals surface area contributed by atoms with Gasteiger partial charge in [0.05, 0.1) is 19.2 Å². The lowest BCUT2D eigenvalue weighted by molar-refractivity contribution is -0.131. The molecule has 6 heteroatoms. The highest BCUT2D eigenvalue weighted by Crippen LogP contribution is 2.16. The molecule has 0 aliphatic carbocycles. The largest absolute Gasteiger partial charge is 0.399 e. The maximum atomic E-state index is 12.0. The van der Waals surface area contributed by atoms with E-state index in [1.54, 1.807) is 29.2 Å². The average Bonchev–Trinajstić information content (AvgIpc) is 2.93. The molecule has 4 N–H and O–H groups in total. The predicted octanol–water partition coefficient (Wildman–Crippen LogP) is -0.0181. The van der Waals surface area contributed by atoms with Crippen LogP contribution in [-0.2, 0) is 4.79 Å². The molecule has 1 fully saturated rings. The van der Waals surface area contributed by atoms with E-state index >= 15 is 0 Å². The van der Waals surface area contributed by atoms with E-state index in [0.29, 0.717) is 17.8 Å². The van der Waals surface area contributed by atoms with E-state index < -0.39 is 0 Å². The van der Waals surface area contributed by atoms with Crippen LogP contribution in [0.1, 0.15) is 23.2 Å². The van der Waals surface area contributed by atoms with E-state index in [4.69, 9.17) is 5.73 Å². The van der Waals surface area contributed by atoms with Crippen molar-refractivity contribution in [1.82, 2.24) is 10.2 Å². The standard InChI is InChI=1S/C14H19N3O3/c15-11-5-3-10(4-6-11)14(20)16-8-13(19)17-7-1-2-12(17)9-18/h3-6,12,18H,1-2,7-9,15H2,(H,16,20). The van der Waals surface area contributed by atoms with Crippen molar-refractivity contribution >= 4 is 17.5 Å². The van der Waals surface area contributed by atoms with E-state index in [9.17, 15) is 14.7 Å². The molecular formula is C14H19N3O3. The Kier molecular flexibility index (Phi) is 4.57. The summed E-state index contributed by atoms with van der Waals surface area (Å²) in [4.78, 5) is 25.5. The van der Waals surface area contributed by atoms with Crippen molar-refractivity contribution in [3.8, 4) is 0 Å². The molecule has 1 heterocycles. The summed E-state index contributed by atoms with van der Waals surface area (Å²) in [6.45, 7) is 0.555. The van der Waals surface area contributed by atoms with Crippen LogP contribution in [-0.4, -0.2) is 47.6 Å². The fourth-order valence-corrected chi connectivity index (χ4v) is 2.35. The van der Waals surface area contributed by atoms with Crippen molar-refractivity contribution in [2.45, 2.75) is 18.9 Å². The summed E-state index contributed by atoms with van der Waals surface area (Å²) in [5, 5.41) is 11.8. The van der Waals surface area contributed by atoms with Crippen LogP contribution in [0.3, 0.4) is 0 Å². The molecule has 20 heavy (non-hydrogen) atoms. The third-order valence-electron chi connectivity index (χ3n) is 3.48. The number of benzene rings is 1. The Morgan fingerprint density at radius 1 is 1.35 bits per heavy atom.